The number of carbonyl (C=O) groups excluding carboxylic acids is 1. The Morgan fingerprint density at radius 3 is 2.65 bits per heavy atom. The zero-order valence-electron chi connectivity index (χ0n) is 10.4. The lowest BCUT2D eigenvalue weighted by molar-refractivity contribution is 0.0908. The van der Waals surface area contributed by atoms with Crippen molar-refractivity contribution < 1.29 is 15.0 Å². The van der Waals surface area contributed by atoms with E-state index in [1.807, 2.05) is 13.8 Å². The van der Waals surface area contributed by atoms with Crippen molar-refractivity contribution in [1.29, 1.82) is 0 Å². The molecule has 0 atom stereocenters. The van der Waals surface area contributed by atoms with Crippen LogP contribution in [0.15, 0.2) is 18.2 Å². The fraction of sp³-hybridized carbons (Fsp3) is 0.462. The molecule has 4 nitrogen and oxygen atoms in total. The number of aliphatic hydroxyl groups is 1. The molecule has 0 fully saturated rings. The number of aryl methyl sites for hydroxylation is 1. The van der Waals surface area contributed by atoms with Gasteiger partial charge < -0.3 is 15.5 Å². The molecule has 4 heteroatoms. The predicted molar refractivity (Wildman–Crippen MR) is 66.0 cm³/mol. The molecule has 1 amide bonds. The van der Waals surface area contributed by atoms with Crippen molar-refractivity contribution in [2.75, 3.05) is 13.2 Å². The maximum absolute atomic E-state index is 11.8. The first kappa shape index (κ1) is 13.5. The molecular weight excluding hydrogens is 218 g/mol. The van der Waals surface area contributed by atoms with Gasteiger partial charge in [-0.3, -0.25) is 4.79 Å². The maximum Gasteiger partial charge on any atom is 0.255 e. The second kappa shape index (κ2) is 5.19. The number of para-hydroxylation sites is 1. The molecule has 0 aromatic heterocycles. The lowest BCUT2D eigenvalue weighted by atomic mass is 9.95. The van der Waals surface area contributed by atoms with Gasteiger partial charge in [-0.2, -0.15) is 0 Å². The summed E-state index contributed by atoms with van der Waals surface area (Å²) in [5.41, 5.74) is 0.563. The average Bonchev–Trinajstić information content (AvgIpc) is 2.30. The van der Waals surface area contributed by atoms with Crippen LogP contribution in [0.25, 0.3) is 0 Å². The third-order valence-electron chi connectivity index (χ3n) is 2.64. The number of benzene rings is 1. The van der Waals surface area contributed by atoms with Gasteiger partial charge in [-0.05, 0) is 18.6 Å². The first-order chi connectivity index (χ1) is 7.87. The van der Waals surface area contributed by atoms with E-state index in [0.717, 1.165) is 0 Å². The van der Waals surface area contributed by atoms with Crippen molar-refractivity contribution >= 4 is 5.91 Å². The van der Waals surface area contributed by atoms with Gasteiger partial charge in [0.2, 0.25) is 0 Å². The molecule has 0 radical (unpaired) electrons. The number of hydrogen-bond donors (Lipinski definition) is 3. The molecule has 1 aromatic carbocycles. The van der Waals surface area contributed by atoms with Gasteiger partial charge in [-0.1, -0.05) is 26.0 Å². The smallest absolute Gasteiger partial charge is 0.255 e. The number of hydrogen-bond acceptors (Lipinski definition) is 3. The Balaban J connectivity index is 2.74. The van der Waals surface area contributed by atoms with Crippen LogP contribution in [0, 0.1) is 12.3 Å². The zero-order chi connectivity index (χ0) is 13.1. The highest BCUT2D eigenvalue weighted by molar-refractivity contribution is 5.97. The standard InChI is InChI=1S/C13H19NO3/c1-9-5-4-6-10(11(9)16)12(17)14-7-13(2,3)8-15/h4-6,15-16H,7-8H2,1-3H3,(H,14,17). The zero-order valence-corrected chi connectivity index (χ0v) is 10.4. The van der Waals surface area contributed by atoms with Crippen LogP contribution < -0.4 is 5.32 Å². The largest absolute Gasteiger partial charge is 0.507 e. The Kier molecular flexibility index (Phi) is 4.12. The van der Waals surface area contributed by atoms with Crippen LogP contribution in [0.5, 0.6) is 5.75 Å². The topological polar surface area (TPSA) is 69.6 Å². The van der Waals surface area contributed by atoms with Crippen LogP contribution in [-0.2, 0) is 0 Å². The molecule has 3 N–H and O–H groups in total. The van der Waals surface area contributed by atoms with Crippen molar-refractivity contribution in [2.24, 2.45) is 5.41 Å². The molecule has 94 valence electrons. The number of phenols is 1. The summed E-state index contributed by atoms with van der Waals surface area (Å²) in [6.45, 7) is 5.79. The van der Waals surface area contributed by atoms with Crippen LogP contribution in [0.2, 0.25) is 0 Å². The van der Waals surface area contributed by atoms with Gasteiger partial charge in [-0.25, -0.2) is 0 Å². The molecule has 1 rings (SSSR count). The monoisotopic (exact) mass is 237 g/mol. The molecule has 0 aliphatic rings. The first-order valence-corrected chi connectivity index (χ1v) is 5.55. The molecule has 0 saturated heterocycles. The van der Waals surface area contributed by atoms with E-state index < -0.39 is 0 Å². The average molecular weight is 237 g/mol. The summed E-state index contributed by atoms with van der Waals surface area (Å²) < 4.78 is 0. The van der Waals surface area contributed by atoms with Crippen LogP contribution in [0.3, 0.4) is 0 Å². The van der Waals surface area contributed by atoms with E-state index in [4.69, 9.17) is 5.11 Å². The summed E-state index contributed by atoms with van der Waals surface area (Å²) in [5, 5.41) is 21.5. The number of nitrogens with one attached hydrogen (secondary N) is 1. The number of aliphatic hydroxyl groups excluding tert-OH is 1. The highest BCUT2D eigenvalue weighted by atomic mass is 16.3. The molecule has 0 unspecified atom stereocenters. The van der Waals surface area contributed by atoms with E-state index in [9.17, 15) is 9.90 Å². The molecule has 0 bridgehead atoms. The predicted octanol–water partition coefficient (Wildman–Crippen LogP) is 1.45. The molecule has 17 heavy (non-hydrogen) atoms. The second-order valence-corrected chi connectivity index (χ2v) is 4.98. The van der Waals surface area contributed by atoms with Gasteiger partial charge >= 0.3 is 0 Å². The Morgan fingerprint density at radius 2 is 2.06 bits per heavy atom. The number of rotatable bonds is 4. The first-order valence-electron chi connectivity index (χ1n) is 5.55. The Labute approximate surface area is 101 Å². The van der Waals surface area contributed by atoms with Gasteiger partial charge in [0.25, 0.3) is 5.91 Å². The van der Waals surface area contributed by atoms with Gasteiger partial charge in [-0.15, -0.1) is 0 Å². The SMILES string of the molecule is Cc1cccc(C(=O)NCC(C)(C)CO)c1O. The fourth-order valence-corrected chi connectivity index (χ4v) is 1.31. The maximum atomic E-state index is 11.8. The van der Waals surface area contributed by atoms with Crippen LogP contribution in [0.1, 0.15) is 29.8 Å². The lowest BCUT2D eigenvalue weighted by Gasteiger charge is -2.22. The summed E-state index contributed by atoms with van der Waals surface area (Å²) in [7, 11) is 0. The number of carbonyl (C=O) groups is 1. The minimum absolute atomic E-state index is 0.00630. The summed E-state index contributed by atoms with van der Waals surface area (Å²) >= 11 is 0. The highest BCUT2D eigenvalue weighted by Gasteiger charge is 2.19. The van der Waals surface area contributed by atoms with Crippen molar-refractivity contribution in [3.8, 4) is 5.75 Å². The van der Waals surface area contributed by atoms with E-state index in [1.165, 1.54) is 0 Å². The molecule has 0 aliphatic carbocycles. The minimum atomic E-state index is -0.366. The summed E-state index contributed by atoms with van der Waals surface area (Å²) in [5.74, 6) is -0.320. The Morgan fingerprint density at radius 1 is 1.41 bits per heavy atom. The van der Waals surface area contributed by atoms with E-state index in [1.54, 1.807) is 25.1 Å². The normalized spacial score (nSPS) is 11.3. The van der Waals surface area contributed by atoms with E-state index in [0.29, 0.717) is 12.1 Å². The third-order valence-corrected chi connectivity index (χ3v) is 2.64. The fourth-order valence-electron chi connectivity index (χ4n) is 1.31. The molecule has 0 heterocycles. The van der Waals surface area contributed by atoms with Gasteiger partial charge in [0.1, 0.15) is 5.75 Å². The van der Waals surface area contributed by atoms with Crippen molar-refractivity contribution in [1.82, 2.24) is 5.32 Å². The highest BCUT2D eigenvalue weighted by Crippen LogP contribution is 2.21. The van der Waals surface area contributed by atoms with Crippen LogP contribution in [-0.4, -0.2) is 29.3 Å². The van der Waals surface area contributed by atoms with Crippen LogP contribution >= 0.6 is 0 Å². The minimum Gasteiger partial charge on any atom is -0.507 e. The number of amides is 1. The summed E-state index contributed by atoms with van der Waals surface area (Å²) in [4.78, 5) is 11.8. The van der Waals surface area contributed by atoms with E-state index in [2.05, 4.69) is 5.32 Å². The Hall–Kier alpha value is -1.55. The van der Waals surface area contributed by atoms with E-state index in [-0.39, 0.29) is 29.2 Å². The van der Waals surface area contributed by atoms with Crippen molar-refractivity contribution in [3.63, 3.8) is 0 Å². The number of phenolic OH excluding ortho intramolecular Hbond substituents is 1. The second-order valence-electron chi connectivity index (χ2n) is 4.98. The Bertz CT molecular complexity index is 413. The van der Waals surface area contributed by atoms with Crippen molar-refractivity contribution in [3.05, 3.63) is 29.3 Å². The molecular formula is C13H19NO3. The van der Waals surface area contributed by atoms with E-state index >= 15 is 0 Å². The van der Waals surface area contributed by atoms with Crippen LogP contribution in [0.4, 0.5) is 0 Å². The van der Waals surface area contributed by atoms with Gasteiger partial charge in [0.05, 0.1) is 5.56 Å². The molecule has 0 aliphatic heterocycles. The quantitative estimate of drug-likeness (QED) is 0.742. The molecule has 0 saturated carbocycles. The van der Waals surface area contributed by atoms with Crippen molar-refractivity contribution in [2.45, 2.75) is 20.8 Å². The third kappa shape index (κ3) is 3.46. The molecule has 1 aromatic rings. The van der Waals surface area contributed by atoms with Gasteiger partial charge in [0, 0.05) is 18.6 Å². The summed E-state index contributed by atoms with van der Waals surface area (Å²) in [6, 6.07) is 5.04. The molecule has 0 spiro atoms. The lowest BCUT2D eigenvalue weighted by Crippen LogP contribution is -2.36. The number of aromatic hydroxyl groups is 1. The van der Waals surface area contributed by atoms with Gasteiger partial charge in [0.15, 0.2) is 0 Å². The summed E-state index contributed by atoms with van der Waals surface area (Å²) in [6.07, 6.45) is 0.